The molecule has 5 heteroatoms. The van der Waals surface area contributed by atoms with Crippen molar-refractivity contribution in [2.45, 2.75) is 43.5 Å². The highest BCUT2D eigenvalue weighted by Crippen LogP contribution is 2.30. The zero-order valence-corrected chi connectivity index (χ0v) is 14.2. The molecule has 2 rings (SSSR count). The Bertz CT molecular complexity index is 501. The predicted octanol–water partition coefficient (Wildman–Crippen LogP) is 4.05. The average Bonchev–Trinajstić information content (AvgIpc) is 2.48. The molecular weight excluding hydrogens is 304 g/mol. The molecule has 116 valence electrons. The minimum absolute atomic E-state index is 0.166. The van der Waals surface area contributed by atoms with E-state index in [9.17, 15) is 4.79 Å². The lowest BCUT2D eigenvalue weighted by Gasteiger charge is -2.33. The number of nitrogen functional groups attached to an aromatic ring is 1. The number of thioether (sulfide) groups is 1. The van der Waals surface area contributed by atoms with Crippen molar-refractivity contribution in [3.05, 3.63) is 23.2 Å². The zero-order chi connectivity index (χ0) is 15.4. The normalized spacial score (nSPS) is 22.0. The van der Waals surface area contributed by atoms with Gasteiger partial charge in [0.1, 0.15) is 0 Å². The summed E-state index contributed by atoms with van der Waals surface area (Å²) in [6.45, 7) is 2.29. The van der Waals surface area contributed by atoms with Crippen LogP contribution in [0, 0.1) is 5.92 Å². The lowest BCUT2D eigenvalue weighted by molar-refractivity contribution is -0.129. The van der Waals surface area contributed by atoms with Crippen molar-refractivity contribution in [2.75, 3.05) is 18.5 Å². The molecule has 1 amide bonds. The molecule has 1 aliphatic carbocycles. The maximum absolute atomic E-state index is 12.3. The average molecular weight is 327 g/mol. The van der Waals surface area contributed by atoms with Crippen molar-refractivity contribution in [3.63, 3.8) is 0 Å². The number of hydrogen-bond acceptors (Lipinski definition) is 3. The summed E-state index contributed by atoms with van der Waals surface area (Å²) in [5.41, 5.74) is 6.58. The summed E-state index contributed by atoms with van der Waals surface area (Å²) in [5.74, 6) is 1.37. The second-order valence-corrected chi connectivity index (χ2v) is 7.34. The summed E-state index contributed by atoms with van der Waals surface area (Å²) in [5, 5.41) is 0.647. The molecule has 0 unspecified atom stereocenters. The van der Waals surface area contributed by atoms with Gasteiger partial charge in [-0.1, -0.05) is 18.5 Å². The number of rotatable bonds is 4. The number of carbonyl (C=O) groups excluding carboxylic acids is 1. The molecule has 0 saturated heterocycles. The van der Waals surface area contributed by atoms with Crippen LogP contribution in [0.4, 0.5) is 5.69 Å². The first kappa shape index (κ1) is 16.5. The van der Waals surface area contributed by atoms with Gasteiger partial charge in [0, 0.05) is 28.7 Å². The van der Waals surface area contributed by atoms with E-state index in [0.29, 0.717) is 22.5 Å². The van der Waals surface area contributed by atoms with Crippen LogP contribution in [0.2, 0.25) is 5.02 Å². The van der Waals surface area contributed by atoms with Gasteiger partial charge in [-0.2, -0.15) is 0 Å². The van der Waals surface area contributed by atoms with Crippen LogP contribution in [0.3, 0.4) is 0 Å². The molecule has 1 aliphatic rings. The number of carbonyl (C=O) groups is 1. The Kier molecular flexibility index (Phi) is 5.82. The molecule has 0 spiro atoms. The van der Waals surface area contributed by atoms with Crippen molar-refractivity contribution >= 4 is 35.0 Å². The van der Waals surface area contributed by atoms with Crippen molar-refractivity contribution < 1.29 is 4.79 Å². The van der Waals surface area contributed by atoms with Crippen LogP contribution in [-0.2, 0) is 4.79 Å². The Hall–Kier alpha value is -0.870. The summed E-state index contributed by atoms with van der Waals surface area (Å²) < 4.78 is 0. The highest BCUT2D eigenvalue weighted by atomic mass is 35.5. The zero-order valence-electron chi connectivity index (χ0n) is 12.6. The van der Waals surface area contributed by atoms with E-state index in [1.807, 2.05) is 18.0 Å². The summed E-state index contributed by atoms with van der Waals surface area (Å²) in [6.07, 6.45) is 4.67. The number of nitrogens with zero attached hydrogens (tertiary/aromatic N) is 1. The number of anilines is 1. The molecule has 0 aromatic heterocycles. The molecule has 0 heterocycles. The van der Waals surface area contributed by atoms with Crippen LogP contribution in [0.1, 0.15) is 32.6 Å². The van der Waals surface area contributed by atoms with Gasteiger partial charge in [0.25, 0.3) is 0 Å². The topological polar surface area (TPSA) is 46.3 Å². The third kappa shape index (κ3) is 4.55. The molecular formula is C16H23ClN2OS. The fourth-order valence-corrected chi connectivity index (χ4v) is 3.87. The van der Waals surface area contributed by atoms with Crippen LogP contribution in [0.15, 0.2) is 23.1 Å². The van der Waals surface area contributed by atoms with E-state index < -0.39 is 0 Å². The second-order valence-electron chi connectivity index (χ2n) is 5.89. The molecule has 0 atom stereocenters. The first-order valence-corrected chi connectivity index (χ1v) is 8.77. The summed E-state index contributed by atoms with van der Waals surface area (Å²) in [4.78, 5) is 15.1. The van der Waals surface area contributed by atoms with Gasteiger partial charge in [0.2, 0.25) is 5.91 Å². The van der Waals surface area contributed by atoms with Gasteiger partial charge < -0.3 is 10.6 Å². The largest absolute Gasteiger partial charge is 0.398 e. The highest BCUT2D eigenvalue weighted by Gasteiger charge is 2.24. The molecule has 0 radical (unpaired) electrons. The summed E-state index contributed by atoms with van der Waals surface area (Å²) in [7, 11) is 1.92. The smallest absolute Gasteiger partial charge is 0.232 e. The molecule has 21 heavy (non-hydrogen) atoms. The molecule has 0 aliphatic heterocycles. The lowest BCUT2D eigenvalue weighted by Crippen LogP contribution is -2.40. The van der Waals surface area contributed by atoms with Gasteiger partial charge >= 0.3 is 0 Å². The van der Waals surface area contributed by atoms with Crippen LogP contribution in [0.5, 0.6) is 0 Å². The fraction of sp³-hybridized carbons (Fsp3) is 0.562. The Labute approximate surface area is 136 Å². The van der Waals surface area contributed by atoms with Gasteiger partial charge in [-0.15, -0.1) is 11.8 Å². The summed E-state index contributed by atoms with van der Waals surface area (Å²) >= 11 is 7.43. The first-order valence-electron chi connectivity index (χ1n) is 7.41. The minimum Gasteiger partial charge on any atom is -0.398 e. The molecule has 1 aromatic carbocycles. The monoisotopic (exact) mass is 326 g/mol. The predicted molar refractivity (Wildman–Crippen MR) is 90.8 cm³/mol. The minimum atomic E-state index is 0.166. The summed E-state index contributed by atoms with van der Waals surface area (Å²) in [6, 6.07) is 5.75. The van der Waals surface area contributed by atoms with Gasteiger partial charge in [-0.05, 0) is 49.8 Å². The molecule has 1 saturated carbocycles. The van der Waals surface area contributed by atoms with Crippen LogP contribution < -0.4 is 5.73 Å². The van der Waals surface area contributed by atoms with E-state index in [1.165, 1.54) is 24.6 Å². The van der Waals surface area contributed by atoms with Gasteiger partial charge in [-0.25, -0.2) is 0 Å². The van der Waals surface area contributed by atoms with Gasteiger partial charge in [0.15, 0.2) is 0 Å². The second kappa shape index (κ2) is 7.41. The Morgan fingerprint density at radius 1 is 1.38 bits per heavy atom. The van der Waals surface area contributed by atoms with E-state index in [0.717, 1.165) is 23.7 Å². The van der Waals surface area contributed by atoms with E-state index in [4.69, 9.17) is 17.3 Å². The van der Waals surface area contributed by atoms with Crippen molar-refractivity contribution in [2.24, 2.45) is 5.92 Å². The SMILES string of the molecule is CC1CCC(N(C)C(=O)CSc2cc(Cl)ccc2N)CC1. The Morgan fingerprint density at radius 3 is 2.71 bits per heavy atom. The van der Waals surface area contributed by atoms with Crippen LogP contribution in [-0.4, -0.2) is 29.6 Å². The van der Waals surface area contributed by atoms with Crippen molar-refractivity contribution in [1.82, 2.24) is 4.90 Å². The third-order valence-electron chi connectivity index (χ3n) is 4.25. The van der Waals surface area contributed by atoms with Crippen molar-refractivity contribution in [1.29, 1.82) is 0 Å². The maximum Gasteiger partial charge on any atom is 0.232 e. The number of hydrogen-bond donors (Lipinski definition) is 1. The van der Waals surface area contributed by atoms with Gasteiger partial charge in [0.05, 0.1) is 5.75 Å². The van der Waals surface area contributed by atoms with E-state index in [1.54, 1.807) is 12.1 Å². The molecule has 2 N–H and O–H groups in total. The number of halogens is 1. The van der Waals surface area contributed by atoms with E-state index in [-0.39, 0.29) is 5.91 Å². The number of nitrogens with two attached hydrogens (primary N) is 1. The first-order chi connectivity index (χ1) is 9.97. The quantitative estimate of drug-likeness (QED) is 0.670. The van der Waals surface area contributed by atoms with Crippen LogP contribution >= 0.6 is 23.4 Å². The van der Waals surface area contributed by atoms with E-state index >= 15 is 0 Å². The van der Waals surface area contributed by atoms with E-state index in [2.05, 4.69) is 6.92 Å². The Morgan fingerprint density at radius 2 is 2.05 bits per heavy atom. The molecule has 3 nitrogen and oxygen atoms in total. The lowest BCUT2D eigenvalue weighted by atomic mass is 9.87. The van der Waals surface area contributed by atoms with Gasteiger partial charge in [-0.3, -0.25) is 4.79 Å². The van der Waals surface area contributed by atoms with Crippen LogP contribution in [0.25, 0.3) is 0 Å². The number of amides is 1. The Balaban J connectivity index is 1.87. The highest BCUT2D eigenvalue weighted by molar-refractivity contribution is 8.00. The maximum atomic E-state index is 12.3. The molecule has 0 bridgehead atoms. The molecule has 1 fully saturated rings. The molecule has 1 aromatic rings. The van der Waals surface area contributed by atoms with Crippen molar-refractivity contribution in [3.8, 4) is 0 Å². The number of benzene rings is 1. The third-order valence-corrected chi connectivity index (χ3v) is 5.54. The fourth-order valence-electron chi connectivity index (χ4n) is 2.71. The standard InChI is InChI=1S/C16H23ClN2OS/c1-11-3-6-13(7-4-11)19(2)16(20)10-21-15-9-12(17)5-8-14(15)18/h5,8-9,11,13H,3-4,6-7,10,18H2,1-2H3.